The summed E-state index contributed by atoms with van der Waals surface area (Å²) >= 11 is 6.11. The number of halogens is 1. The highest BCUT2D eigenvalue weighted by molar-refractivity contribution is 6.31. The maximum absolute atomic E-state index is 10.8. The van der Waals surface area contributed by atoms with Crippen LogP contribution in [0.2, 0.25) is 5.02 Å². The number of aromatic amines is 1. The molecule has 0 radical (unpaired) electrons. The van der Waals surface area contributed by atoms with Crippen LogP contribution >= 0.6 is 11.6 Å². The number of aromatic nitrogens is 2. The Kier molecular flexibility index (Phi) is 1.77. The largest absolute Gasteiger partial charge is 0.385 e. The van der Waals surface area contributed by atoms with E-state index in [0.717, 1.165) is 41.1 Å². The predicted octanol–water partition coefficient (Wildman–Crippen LogP) is 2.83. The van der Waals surface area contributed by atoms with Crippen LogP contribution < -0.4 is 0 Å². The molecule has 0 saturated heterocycles. The molecule has 88 valence electrons. The summed E-state index contributed by atoms with van der Waals surface area (Å²) in [5.74, 6) is 1.45. The Morgan fingerprint density at radius 1 is 1.35 bits per heavy atom. The van der Waals surface area contributed by atoms with Crippen LogP contribution in [0.15, 0.2) is 18.3 Å². The molecule has 2 aliphatic carbocycles. The average molecular weight is 249 g/mol. The van der Waals surface area contributed by atoms with E-state index in [-0.39, 0.29) is 0 Å². The number of benzene rings is 1. The fraction of sp³-hybridized carbons (Fsp3) is 0.462. The van der Waals surface area contributed by atoms with Gasteiger partial charge in [-0.15, -0.1) is 0 Å². The minimum atomic E-state index is -0.694. The molecule has 0 bridgehead atoms. The second-order valence-electron chi connectivity index (χ2n) is 5.48. The fourth-order valence-corrected chi connectivity index (χ4v) is 3.60. The second kappa shape index (κ2) is 3.03. The number of fused-ring (bicyclic) bond motifs is 2. The van der Waals surface area contributed by atoms with Crippen LogP contribution in [0, 0.1) is 11.8 Å². The van der Waals surface area contributed by atoms with Crippen molar-refractivity contribution < 1.29 is 5.11 Å². The van der Waals surface area contributed by atoms with Gasteiger partial charge in [-0.25, -0.2) is 0 Å². The lowest BCUT2D eigenvalue weighted by Crippen LogP contribution is -2.23. The van der Waals surface area contributed by atoms with Crippen LogP contribution in [0.1, 0.15) is 24.8 Å². The van der Waals surface area contributed by atoms with E-state index in [0.29, 0.717) is 5.02 Å². The molecule has 2 aromatic rings. The van der Waals surface area contributed by atoms with Gasteiger partial charge in [-0.3, -0.25) is 5.10 Å². The van der Waals surface area contributed by atoms with Crippen LogP contribution in [-0.2, 0) is 5.60 Å². The highest BCUT2D eigenvalue weighted by Crippen LogP contribution is 2.60. The van der Waals surface area contributed by atoms with E-state index >= 15 is 0 Å². The van der Waals surface area contributed by atoms with E-state index in [1.807, 2.05) is 12.1 Å². The number of nitrogens with zero attached hydrogens (tertiary/aromatic N) is 1. The zero-order valence-corrected chi connectivity index (χ0v) is 10.0. The van der Waals surface area contributed by atoms with E-state index in [1.54, 1.807) is 6.20 Å². The Balaban J connectivity index is 1.92. The normalized spacial score (nSPS) is 35.2. The van der Waals surface area contributed by atoms with E-state index < -0.39 is 5.60 Å². The summed E-state index contributed by atoms with van der Waals surface area (Å²) in [6.45, 7) is 0. The number of aliphatic hydroxyl groups is 1. The van der Waals surface area contributed by atoms with Gasteiger partial charge in [0.15, 0.2) is 0 Å². The van der Waals surface area contributed by atoms with Crippen molar-refractivity contribution in [3.05, 3.63) is 28.9 Å². The number of rotatable bonds is 1. The highest BCUT2D eigenvalue weighted by atomic mass is 35.5. The maximum Gasteiger partial charge on any atom is 0.0909 e. The lowest BCUT2D eigenvalue weighted by atomic mass is 9.87. The van der Waals surface area contributed by atoms with Gasteiger partial charge in [0.2, 0.25) is 0 Å². The molecule has 4 rings (SSSR count). The van der Waals surface area contributed by atoms with Gasteiger partial charge in [-0.2, -0.15) is 5.10 Å². The van der Waals surface area contributed by atoms with Gasteiger partial charge in [0.05, 0.1) is 17.3 Å². The van der Waals surface area contributed by atoms with Crippen molar-refractivity contribution in [1.29, 1.82) is 0 Å². The fourth-order valence-electron chi connectivity index (χ4n) is 3.38. The first-order chi connectivity index (χ1) is 8.16. The molecule has 2 unspecified atom stereocenters. The van der Waals surface area contributed by atoms with Gasteiger partial charge < -0.3 is 5.11 Å². The lowest BCUT2D eigenvalue weighted by molar-refractivity contribution is 0.0327. The molecule has 0 amide bonds. The molecule has 2 aliphatic rings. The molecule has 1 aromatic carbocycles. The summed E-state index contributed by atoms with van der Waals surface area (Å²) in [4.78, 5) is 0. The lowest BCUT2D eigenvalue weighted by Gasteiger charge is -2.26. The van der Waals surface area contributed by atoms with Crippen LogP contribution in [0.4, 0.5) is 0 Å². The molecule has 1 aromatic heterocycles. The van der Waals surface area contributed by atoms with Crippen molar-refractivity contribution in [2.24, 2.45) is 11.8 Å². The Hall–Kier alpha value is -1.06. The SMILES string of the molecule is OC1(c2cc(Cl)cc3[nH]ncc23)CC2CC2C1. The van der Waals surface area contributed by atoms with Crippen molar-refractivity contribution in [3.63, 3.8) is 0 Å². The number of nitrogens with one attached hydrogen (secondary N) is 1. The molecule has 3 nitrogen and oxygen atoms in total. The maximum atomic E-state index is 10.8. The molecule has 1 heterocycles. The van der Waals surface area contributed by atoms with Gasteiger partial charge >= 0.3 is 0 Å². The zero-order valence-electron chi connectivity index (χ0n) is 9.28. The number of hydrogen-bond acceptors (Lipinski definition) is 2. The Morgan fingerprint density at radius 2 is 2.12 bits per heavy atom. The molecule has 2 fully saturated rings. The average Bonchev–Trinajstić information content (AvgIpc) is 2.75. The summed E-state index contributed by atoms with van der Waals surface area (Å²) in [6, 6.07) is 3.75. The molecular weight excluding hydrogens is 236 g/mol. The van der Waals surface area contributed by atoms with E-state index in [4.69, 9.17) is 11.6 Å². The molecule has 0 aliphatic heterocycles. The van der Waals surface area contributed by atoms with Gasteiger partial charge in [-0.05, 0) is 48.8 Å². The van der Waals surface area contributed by atoms with Gasteiger partial charge in [0.1, 0.15) is 0 Å². The molecule has 2 saturated carbocycles. The quantitative estimate of drug-likeness (QED) is 0.815. The summed E-state index contributed by atoms with van der Waals surface area (Å²) in [6.07, 6.45) is 4.82. The standard InChI is InChI=1S/C13H13ClN2O/c14-9-2-11(10-6-15-16-12(10)3-9)13(17)4-7-1-8(7)5-13/h2-3,6-8,17H,1,4-5H2,(H,15,16). The van der Waals surface area contributed by atoms with Crippen LogP contribution in [0.25, 0.3) is 10.9 Å². The van der Waals surface area contributed by atoms with Crippen LogP contribution in [0.3, 0.4) is 0 Å². The first-order valence-corrected chi connectivity index (χ1v) is 6.39. The minimum Gasteiger partial charge on any atom is -0.385 e. The van der Waals surface area contributed by atoms with Crippen molar-refractivity contribution in [2.75, 3.05) is 0 Å². The van der Waals surface area contributed by atoms with Crippen LogP contribution in [-0.4, -0.2) is 15.3 Å². The first-order valence-electron chi connectivity index (χ1n) is 6.01. The summed E-state index contributed by atoms with van der Waals surface area (Å²) in [7, 11) is 0. The summed E-state index contributed by atoms with van der Waals surface area (Å²) in [5, 5.41) is 19.4. The van der Waals surface area contributed by atoms with E-state index in [1.165, 1.54) is 6.42 Å². The molecular formula is C13H13ClN2O. The molecule has 2 atom stereocenters. The van der Waals surface area contributed by atoms with Crippen molar-refractivity contribution in [3.8, 4) is 0 Å². The zero-order chi connectivity index (χ0) is 11.6. The van der Waals surface area contributed by atoms with E-state index in [9.17, 15) is 5.11 Å². The third kappa shape index (κ3) is 1.36. The van der Waals surface area contributed by atoms with Crippen molar-refractivity contribution >= 4 is 22.5 Å². The topological polar surface area (TPSA) is 48.9 Å². The van der Waals surface area contributed by atoms with Crippen LogP contribution in [0.5, 0.6) is 0 Å². The molecule has 0 spiro atoms. The smallest absolute Gasteiger partial charge is 0.0909 e. The minimum absolute atomic E-state index is 0.658. The van der Waals surface area contributed by atoms with Crippen molar-refractivity contribution in [1.82, 2.24) is 10.2 Å². The summed E-state index contributed by atoms with van der Waals surface area (Å²) in [5.41, 5.74) is 1.16. The predicted molar refractivity (Wildman–Crippen MR) is 65.8 cm³/mol. The molecule has 4 heteroatoms. The number of H-pyrrole nitrogens is 1. The third-order valence-electron chi connectivity index (χ3n) is 4.29. The summed E-state index contributed by atoms with van der Waals surface area (Å²) < 4.78 is 0. The Labute approximate surface area is 104 Å². The third-order valence-corrected chi connectivity index (χ3v) is 4.51. The van der Waals surface area contributed by atoms with E-state index in [2.05, 4.69) is 10.2 Å². The molecule has 17 heavy (non-hydrogen) atoms. The first kappa shape index (κ1) is 9.92. The Morgan fingerprint density at radius 3 is 2.88 bits per heavy atom. The highest BCUT2D eigenvalue weighted by Gasteiger charge is 2.54. The van der Waals surface area contributed by atoms with Gasteiger partial charge in [-0.1, -0.05) is 11.6 Å². The van der Waals surface area contributed by atoms with Crippen molar-refractivity contribution in [2.45, 2.75) is 24.9 Å². The monoisotopic (exact) mass is 248 g/mol. The number of hydrogen-bond donors (Lipinski definition) is 2. The second-order valence-corrected chi connectivity index (χ2v) is 5.92. The van der Waals surface area contributed by atoms with Gasteiger partial charge in [0, 0.05) is 10.4 Å². The molecule has 2 N–H and O–H groups in total. The Bertz CT molecular complexity index is 596. The van der Waals surface area contributed by atoms with Gasteiger partial charge in [0.25, 0.3) is 0 Å².